The van der Waals surface area contributed by atoms with E-state index < -0.39 is 0 Å². The van der Waals surface area contributed by atoms with Crippen LogP contribution >= 0.6 is 0 Å². The lowest BCUT2D eigenvalue weighted by Gasteiger charge is -2.25. The lowest BCUT2D eigenvalue weighted by Crippen LogP contribution is -2.38. The van der Waals surface area contributed by atoms with Crippen LogP contribution in [-0.4, -0.2) is 37.2 Å². The third-order valence-corrected chi connectivity index (χ3v) is 3.69. The Morgan fingerprint density at radius 2 is 2.15 bits per heavy atom. The topological polar surface area (TPSA) is 41.6 Å². The number of carbonyl (C=O) groups is 1. The van der Waals surface area contributed by atoms with Crippen LogP contribution in [0.1, 0.15) is 31.2 Å². The van der Waals surface area contributed by atoms with Gasteiger partial charge in [0.2, 0.25) is 0 Å². The molecule has 1 saturated heterocycles. The minimum absolute atomic E-state index is 0.0235. The van der Waals surface area contributed by atoms with Gasteiger partial charge in [-0.15, -0.1) is 0 Å². The first kappa shape index (κ1) is 14.9. The van der Waals surface area contributed by atoms with Crippen LogP contribution in [0.25, 0.3) is 0 Å². The van der Waals surface area contributed by atoms with Crippen LogP contribution in [0.15, 0.2) is 30.3 Å². The van der Waals surface area contributed by atoms with Crippen molar-refractivity contribution in [1.29, 1.82) is 0 Å². The molecule has 1 fully saturated rings. The van der Waals surface area contributed by atoms with E-state index in [1.807, 2.05) is 37.4 Å². The van der Waals surface area contributed by atoms with Crippen molar-refractivity contribution in [3.63, 3.8) is 0 Å². The SMILES string of the molecule is CN(CCC1CCCCO1)C(=O)NCc1ccccc1. The summed E-state index contributed by atoms with van der Waals surface area (Å²) in [4.78, 5) is 13.7. The number of amides is 2. The first-order valence-corrected chi connectivity index (χ1v) is 7.40. The Labute approximate surface area is 121 Å². The molecule has 0 bridgehead atoms. The summed E-state index contributed by atoms with van der Waals surface area (Å²) in [6.45, 7) is 2.18. The fourth-order valence-electron chi connectivity index (χ4n) is 2.38. The van der Waals surface area contributed by atoms with E-state index in [-0.39, 0.29) is 6.03 Å². The minimum Gasteiger partial charge on any atom is -0.378 e. The predicted octanol–water partition coefficient (Wildman–Crippen LogP) is 2.79. The van der Waals surface area contributed by atoms with Crippen LogP contribution in [0.5, 0.6) is 0 Å². The summed E-state index contributed by atoms with van der Waals surface area (Å²) in [5.41, 5.74) is 1.12. The molecular formula is C16H24N2O2. The van der Waals surface area contributed by atoms with Gasteiger partial charge in [-0.25, -0.2) is 4.79 Å². The quantitative estimate of drug-likeness (QED) is 0.898. The van der Waals surface area contributed by atoms with Gasteiger partial charge in [0.25, 0.3) is 0 Å². The molecule has 20 heavy (non-hydrogen) atoms. The van der Waals surface area contributed by atoms with Gasteiger partial charge in [-0.3, -0.25) is 0 Å². The van der Waals surface area contributed by atoms with E-state index in [4.69, 9.17) is 4.74 Å². The Morgan fingerprint density at radius 3 is 2.85 bits per heavy atom. The molecule has 1 N–H and O–H groups in total. The van der Waals surface area contributed by atoms with Crippen molar-refractivity contribution < 1.29 is 9.53 Å². The molecule has 1 aliphatic rings. The normalized spacial score (nSPS) is 18.6. The van der Waals surface area contributed by atoms with Gasteiger partial charge in [0, 0.05) is 26.7 Å². The standard InChI is InChI=1S/C16H24N2O2/c1-18(11-10-15-9-5-6-12-20-15)16(19)17-13-14-7-3-2-4-8-14/h2-4,7-8,15H,5-6,9-13H2,1H3,(H,17,19). The molecule has 2 rings (SSSR count). The molecule has 0 radical (unpaired) electrons. The van der Waals surface area contributed by atoms with Crippen molar-refractivity contribution >= 4 is 6.03 Å². The third-order valence-electron chi connectivity index (χ3n) is 3.69. The number of hydrogen-bond donors (Lipinski definition) is 1. The van der Waals surface area contributed by atoms with Crippen LogP contribution in [0.2, 0.25) is 0 Å². The maximum atomic E-state index is 12.0. The van der Waals surface area contributed by atoms with E-state index in [1.165, 1.54) is 12.8 Å². The Kier molecular flexibility index (Phi) is 5.87. The van der Waals surface area contributed by atoms with Gasteiger partial charge in [0.15, 0.2) is 0 Å². The van der Waals surface area contributed by atoms with Crippen molar-refractivity contribution in [2.45, 2.75) is 38.3 Å². The molecule has 1 unspecified atom stereocenters. The van der Waals surface area contributed by atoms with Crippen molar-refractivity contribution in [3.05, 3.63) is 35.9 Å². The summed E-state index contributed by atoms with van der Waals surface area (Å²) >= 11 is 0. The number of nitrogens with one attached hydrogen (secondary N) is 1. The van der Waals surface area contributed by atoms with Crippen molar-refractivity contribution in [2.24, 2.45) is 0 Å². The average Bonchev–Trinajstić information content (AvgIpc) is 2.52. The lowest BCUT2D eigenvalue weighted by atomic mass is 10.1. The molecule has 2 amide bonds. The number of benzene rings is 1. The molecule has 0 aliphatic carbocycles. The van der Waals surface area contributed by atoms with Crippen LogP contribution in [0.4, 0.5) is 4.79 Å². The molecule has 1 aliphatic heterocycles. The van der Waals surface area contributed by atoms with Crippen molar-refractivity contribution in [3.8, 4) is 0 Å². The molecule has 4 nitrogen and oxygen atoms in total. The number of ether oxygens (including phenoxy) is 1. The Hall–Kier alpha value is -1.55. The fraction of sp³-hybridized carbons (Fsp3) is 0.562. The monoisotopic (exact) mass is 276 g/mol. The molecule has 0 saturated carbocycles. The summed E-state index contributed by atoms with van der Waals surface area (Å²) in [5, 5.41) is 2.93. The smallest absolute Gasteiger partial charge is 0.317 e. The summed E-state index contributed by atoms with van der Waals surface area (Å²) in [6, 6.07) is 9.93. The van der Waals surface area contributed by atoms with Gasteiger partial charge in [0.05, 0.1) is 6.10 Å². The molecule has 1 atom stereocenters. The van der Waals surface area contributed by atoms with E-state index in [2.05, 4.69) is 5.32 Å². The van der Waals surface area contributed by atoms with Crippen LogP contribution in [0, 0.1) is 0 Å². The predicted molar refractivity (Wildman–Crippen MR) is 79.5 cm³/mol. The Balaban J connectivity index is 1.66. The van der Waals surface area contributed by atoms with Gasteiger partial charge in [0.1, 0.15) is 0 Å². The van der Waals surface area contributed by atoms with Gasteiger partial charge < -0.3 is 15.0 Å². The number of carbonyl (C=O) groups excluding carboxylic acids is 1. The Morgan fingerprint density at radius 1 is 1.35 bits per heavy atom. The maximum absolute atomic E-state index is 12.0. The van der Waals surface area contributed by atoms with E-state index in [9.17, 15) is 4.79 Å². The molecule has 4 heteroatoms. The number of urea groups is 1. The molecule has 1 heterocycles. The second-order valence-electron chi connectivity index (χ2n) is 5.34. The number of hydrogen-bond acceptors (Lipinski definition) is 2. The summed E-state index contributed by atoms with van der Waals surface area (Å²) in [6.07, 6.45) is 4.79. The van der Waals surface area contributed by atoms with E-state index in [0.717, 1.165) is 31.6 Å². The minimum atomic E-state index is -0.0235. The highest BCUT2D eigenvalue weighted by atomic mass is 16.5. The third kappa shape index (κ3) is 4.85. The highest BCUT2D eigenvalue weighted by Gasteiger charge is 2.16. The van der Waals surface area contributed by atoms with Gasteiger partial charge in [-0.2, -0.15) is 0 Å². The highest BCUT2D eigenvalue weighted by molar-refractivity contribution is 5.73. The zero-order chi connectivity index (χ0) is 14.2. The van der Waals surface area contributed by atoms with Crippen LogP contribution in [0.3, 0.4) is 0 Å². The first-order valence-electron chi connectivity index (χ1n) is 7.40. The zero-order valence-corrected chi connectivity index (χ0v) is 12.2. The van der Waals surface area contributed by atoms with E-state index in [0.29, 0.717) is 12.6 Å². The fourth-order valence-corrected chi connectivity index (χ4v) is 2.38. The first-order chi connectivity index (χ1) is 9.75. The Bertz CT molecular complexity index is 402. The molecule has 0 spiro atoms. The van der Waals surface area contributed by atoms with Crippen molar-refractivity contribution in [1.82, 2.24) is 10.2 Å². The maximum Gasteiger partial charge on any atom is 0.317 e. The summed E-state index contributed by atoms with van der Waals surface area (Å²) < 4.78 is 5.68. The molecule has 110 valence electrons. The van der Waals surface area contributed by atoms with Gasteiger partial charge in [-0.05, 0) is 31.2 Å². The van der Waals surface area contributed by atoms with Crippen molar-refractivity contribution in [2.75, 3.05) is 20.2 Å². The molecule has 1 aromatic carbocycles. The molecule has 0 aromatic heterocycles. The molecular weight excluding hydrogens is 252 g/mol. The van der Waals surface area contributed by atoms with Crippen LogP contribution in [-0.2, 0) is 11.3 Å². The van der Waals surface area contributed by atoms with Crippen LogP contribution < -0.4 is 5.32 Å². The second-order valence-corrected chi connectivity index (χ2v) is 5.34. The highest BCUT2D eigenvalue weighted by Crippen LogP contribution is 2.15. The number of rotatable bonds is 5. The second kappa shape index (κ2) is 7.90. The summed E-state index contributed by atoms with van der Waals surface area (Å²) in [7, 11) is 1.84. The van der Waals surface area contributed by atoms with Gasteiger partial charge in [-0.1, -0.05) is 30.3 Å². The average molecular weight is 276 g/mol. The summed E-state index contributed by atoms with van der Waals surface area (Å²) in [5.74, 6) is 0. The lowest BCUT2D eigenvalue weighted by molar-refractivity contribution is 0.00827. The van der Waals surface area contributed by atoms with E-state index in [1.54, 1.807) is 4.90 Å². The largest absolute Gasteiger partial charge is 0.378 e. The van der Waals surface area contributed by atoms with E-state index >= 15 is 0 Å². The zero-order valence-electron chi connectivity index (χ0n) is 12.2. The number of nitrogens with zero attached hydrogens (tertiary/aromatic N) is 1. The van der Waals surface area contributed by atoms with Gasteiger partial charge >= 0.3 is 6.03 Å². The molecule has 1 aromatic rings.